The maximum atomic E-state index is 13.1. The summed E-state index contributed by atoms with van der Waals surface area (Å²) in [7, 11) is 3.49. The number of aryl methyl sites for hydroxylation is 1. The van der Waals surface area contributed by atoms with Gasteiger partial charge in [-0.05, 0) is 60.5 Å². The number of benzene rings is 1. The van der Waals surface area contributed by atoms with Crippen molar-refractivity contribution in [2.75, 3.05) is 20.7 Å². The minimum absolute atomic E-state index is 0.0369. The van der Waals surface area contributed by atoms with Crippen molar-refractivity contribution in [2.45, 2.75) is 20.8 Å². The molecule has 0 atom stereocenters. The first-order chi connectivity index (χ1) is 12.4. The molecule has 0 saturated heterocycles. The summed E-state index contributed by atoms with van der Waals surface area (Å²) < 4.78 is 5.99. The van der Waals surface area contributed by atoms with Gasteiger partial charge in [-0.2, -0.15) is 0 Å². The average Bonchev–Trinajstić information content (AvgIpc) is 3.13. The van der Waals surface area contributed by atoms with Crippen molar-refractivity contribution in [3.8, 4) is 5.75 Å². The maximum Gasteiger partial charge on any atom is 0.195 e. The van der Waals surface area contributed by atoms with Crippen LogP contribution < -0.4 is 10.2 Å². The molecule has 0 amide bonds. The Morgan fingerprint density at radius 2 is 2.08 bits per heavy atom. The van der Waals surface area contributed by atoms with Crippen LogP contribution in [0.5, 0.6) is 5.75 Å². The molecular formula is C18H22BrN5O2. The molecule has 138 valence electrons. The van der Waals surface area contributed by atoms with Crippen LogP contribution in [-0.2, 0) is 0 Å². The second kappa shape index (κ2) is 7.13. The third-order valence-corrected chi connectivity index (χ3v) is 5.05. The first kappa shape index (κ1) is 18.5. The van der Waals surface area contributed by atoms with E-state index in [1.54, 1.807) is 25.3 Å². The largest absolute Gasteiger partial charge is 0.496 e. The molecule has 0 bridgehead atoms. The number of ketones is 1. The SMILES string of the molecule is CCN1N=C(c2[nH]c(C)c(C(=O)c3ccc(OC)c(Br)c3)c2C)NN1C. The van der Waals surface area contributed by atoms with Crippen LogP contribution in [0.2, 0.25) is 0 Å². The number of amidine groups is 1. The highest BCUT2D eigenvalue weighted by Gasteiger charge is 2.26. The number of nitrogens with one attached hydrogen (secondary N) is 2. The normalized spacial score (nSPS) is 14.4. The molecule has 2 aromatic rings. The number of carbonyl (C=O) groups is 1. The zero-order valence-corrected chi connectivity index (χ0v) is 17.1. The number of methoxy groups -OCH3 is 1. The quantitative estimate of drug-likeness (QED) is 0.728. The summed E-state index contributed by atoms with van der Waals surface area (Å²) in [6, 6.07) is 5.34. The molecule has 1 aliphatic heterocycles. The van der Waals surface area contributed by atoms with Gasteiger partial charge in [-0.15, -0.1) is 10.2 Å². The fraction of sp³-hybridized carbons (Fsp3) is 0.333. The van der Waals surface area contributed by atoms with Crippen molar-refractivity contribution >= 4 is 27.5 Å². The van der Waals surface area contributed by atoms with Gasteiger partial charge in [-0.25, -0.2) is 5.12 Å². The smallest absolute Gasteiger partial charge is 0.195 e. The molecule has 0 saturated carbocycles. The van der Waals surface area contributed by atoms with Crippen LogP contribution in [0.15, 0.2) is 27.8 Å². The lowest BCUT2D eigenvalue weighted by Crippen LogP contribution is -2.40. The van der Waals surface area contributed by atoms with Gasteiger partial charge in [-0.3, -0.25) is 10.2 Å². The zero-order valence-electron chi connectivity index (χ0n) is 15.5. The molecule has 0 spiro atoms. The van der Waals surface area contributed by atoms with Gasteiger partial charge in [0.15, 0.2) is 11.6 Å². The number of hydrazone groups is 1. The lowest BCUT2D eigenvalue weighted by Gasteiger charge is -2.19. The Hall–Kier alpha value is -2.32. The van der Waals surface area contributed by atoms with E-state index >= 15 is 0 Å². The molecule has 1 aromatic heterocycles. The van der Waals surface area contributed by atoms with Crippen molar-refractivity contribution < 1.29 is 9.53 Å². The van der Waals surface area contributed by atoms with Crippen LogP contribution in [0.3, 0.4) is 0 Å². The molecule has 3 rings (SSSR count). The van der Waals surface area contributed by atoms with E-state index in [0.29, 0.717) is 22.7 Å². The number of carbonyl (C=O) groups excluding carboxylic acids is 1. The molecule has 1 aliphatic rings. The Balaban J connectivity index is 1.98. The Kier molecular flexibility index (Phi) is 5.06. The van der Waals surface area contributed by atoms with Gasteiger partial charge in [-0.1, -0.05) is 0 Å². The van der Waals surface area contributed by atoms with Crippen LogP contribution in [-0.4, -0.2) is 47.5 Å². The zero-order chi connectivity index (χ0) is 19.0. The minimum atomic E-state index is -0.0369. The average molecular weight is 420 g/mol. The van der Waals surface area contributed by atoms with Gasteiger partial charge in [0.2, 0.25) is 0 Å². The fourth-order valence-corrected chi connectivity index (χ4v) is 3.62. The van der Waals surface area contributed by atoms with E-state index in [2.05, 4.69) is 31.4 Å². The summed E-state index contributed by atoms with van der Waals surface area (Å²) in [4.78, 5) is 16.4. The first-order valence-corrected chi connectivity index (χ1v) is 9.10. The lowest BCUT2D eigenvalue weighted by molar-refractivity contribution is 0.00489. The highest BCUT2D eigenvalue weighted by atomic mass is 79.9. The minimum Gasteiger partial charge on any atom is -0.496 e. The number of H-pyrrole nitrogens is 1. The number of aromatic nitrogens is 1. The number of aromatic amines is 1. The molecule has 2 heterocycles. The van der Waals surface area contributed by atoms with Gasteiger partial charge in [0, 0.05) is 23.9 Å². The van der Waals surface area contributed by atoms with Crippen molar-refractivity contribution in [2.24, 2.45) is 5.10 Å². The molecule has 0 aliphatic carbocycles. The lowest BCUT2D eigenvalue weighted by atomic mass is 9.99. The van der Waals surface area contributed by atoms with E-state index in [-0.39, 0.29) is 5.78 Å². The predicted molar refractivity (Wildman–Crippen MR) is 104 cm³/mol. The molecule has 26 heavy (non-hydrogen) atoms. The van der Waals surface area contributed by atoms with E-state index in [4.69, 9.17) is 4.74 Å². The van der Waals surface area contributed by atoms with Gasteiger partial charge >= 0.3 is 0 Å². The standard InChI is InChI=1S/C18H22BrN5O2/c1-6-24-22-18(21-23(24)4)16-10(2)15(11(3)20-16)17(25)12-7-8-14(26-5)13(19)9-12/h7-9,20H,6H2,1-5H3,(H,21,22). The van der Waals surface area contributed by atoms with Gasteiger partial charge in [0.05, 0.1) is 23.8 Å². The highest BCUT2D eigenvalue weighted by Crippen LogP contribution is 2.28. The monoisotopic (exact) mass is 419 g/mol. The molecule has 8 heteroatoms. The van der Waals surface area contributed by atoms with Crippen molar-refractivity contribution in [3.05, 3.63) is 50.8 Å². The molecule has 7 nitrogen and oxygen atoms in total. The Bertz CT molecular complexity index is 890. The Labute approximate surface area is 161 Å². The molecule has 0 fully saturated rings. The van der Waals surface area contributed by atoms with Crippen molar-refractivity contribution in [3.63, 3.8) is 0 Å². The molecule has 0 radical (unpaired) electrons. The van der Waals surface area contributed by atoms with Gasteiger partial charge in [0.25, 0.3) is 0 Å². The number of hydrogen-bond donors (Lipinski definition) is 2. The van der Waals surface area contributed by atoms with Gasteiger partial charge in [0.1, 0.15) is 5.75 Å². The van der Waals surface area contributed by atoms with Crippen LogP contribution in [0, 0.1) is 13.8 Å². The summed E-state index contributed by atoms with van der Waals surface area (Å²) in [5.41, 5.74) is 6.97. The topological polar surface area (TPSA) is 73.0 Å². The van der Waals surface area contributed by atoms with E-state index in [0.717, 1.165) is 28.0 Å². The third-order valence-electron chi connectivity index (χ3n) is 4.43. The maximum absolute atomic E-state index is 13.1. The van der Waals surface area contributed by atoms with Gasteiger partial charge < -0.3 is 9.72 Å². The summed E-state index contributed by atoms with van der Waals surface area (Å²) in [6.45, 7) is 6.61. The Morgan fingerprint density at radius 3 is 2.65 bits per heavy atom. The summed E-state index contributed by atoms with van der Waals surface area (Å²) in [6.07, 6.45) is 0. The van der Waals surface area contributed by atoms with E-state index in [1.165, 1.54) is 0 Å². The molecule has 2 N–H and O–H groups in total. The second-order valence-corrected chi connectivity index (χ2v) is 6.93. The number of halogens is 1. The predicted octanol–water partition coefficient (Wildman–Crippen LogP) is 2.98. The summed E-state index contributed by atoms with van der Waals surface area (Å²) in [5, 5.41) is 8.17. The fourth-order valence-electron chi connectivity index (χ4n) is 3.08. The molecule has 0 unspecified atom stereocenters. The number of rotatable bonds is 5. The van der Waals surface area contributed by atoms with E-state index in [1.807, 2.05) is 38.1 Å². The van der Waals surface area contributed by atoms with Crippen LogP contribution >= 0.6 is 15.9 Å². The molecule has 1 aromatic carbocycles. The summed E-state index contributed by atoms with van der Waals surface area (Å²) in [5.74, 6) is 1.35. The number of nitrogens with zero attached hydrogens (tertiary/aromatic N) is 3. The van der Waals surface area contributed by atoms with E-state index in [9.17, 15) is 4.79 Å². The number of hydrazine groups is 2. The highest BCUT2D eigenvalue weighted by molar-refractivity contribution is 9.10. The molecular weight excluding hydrogens is 398 g/mol. The van der Waals surface area contributed by atoms with Crippen LogP contribution in [0.4, 0.5) is 0 Å². The summed E-state index contributed by atoms with van der Waals surface area (Å²) >= 11 is 3.44. The number of ether oxygens (including phenoxy) is 1. The van der Waals surface area contributed by atoms with Crippen molar-refractivity contribution in [1.29, 1.82) is 0 Å². The van der Waals surface area contributed by atoms with Crippen LogP contribution in [0.1, 0.15) is 39.8 Å². The first-order valence-electron chi connectivity index (χ1n) is 8.31. The van der Waals surface area contributed by atoms with Crippen LogP contribution in [0.25, 0.3) is 0 Å². The Morgan fingerprint density at radius 1 is 1.35 bits per heavy atom. The second-order valence-electron chi connectivity index (χ2n) is 6.08. The van der Waals surface area contributed by atoms with E-state index < -0.39 is 0 Å². The number of hydrogen-bond acceptors (Lipinski definition) is 6. The van der Waals surface area contributed by atoms with Crippen molar-refractivity contribution in [1.82, 2.24) is 20.6 Å². The third kappa shape index (κ3) is 3.10.